The summed E-state index contributed by atoms with van der Waals surface area (Å²) >= 11 is 0.990. The molecule has 0 saturated heterocycles. The van der Waals surface area contributed by atoms with Crippen molar-refractivity contribution in [2.75, 3.05) is 19.0 Å². The van der Waals surface area contributed by atoms with E-state index >= 15 is 0 Å². The van der Waals surface area contributed by atoms with Gasteiger partial charge < -0.3 is 14.0 Å². The fraction of sp³-hybridized carbons (Fsp3) is 0.788. The Morgan fingerprint density at radius 3 is 2.20 bits per heavy atom. The highest BCUT2D eigenvalue weighted by atomic mass is 32.2. The number of aryl methyl sites for hydroxylation is 1. The second-order valence-electron chi connectivity index (χ2n) is 11.2. The van der Waals surface area contributed by atoms with E-state index in [1.54, 1.807) is 0 Å². The van der Waals surface area contributed by atoms with E-state index in [1.807, 2.05) is 6.92 Å². The van der Waals surface area contributed by atoms with Gasteiger partial charge in [-0.3, -0.25) is 4.74 Å². The predicted octanol–water partition coefficient (Wildman–Crippen LogP) is 9.51. The highest BCUT2D eigenvalue weighted by Gasteiger charge is 2.50. The number of carbonyl (C=O) groups excluding carboxylic acids is 1. The summed E-state index contributed by atoms with van der Waals surface area (Å²) in [6, 6.07) is 8.76. The highest BCUT2D eigenvalue weighted by molar-refractivity contribution is 7.95. The van der Waals surface area contributed by atoms with E-state index in [1.165, 1.54) is 81.8 Å². The largest absolute Gasteiger partial charge is 0.471 e. The Morgan fingerprint density at radius 2 is 1.56 bits per heavy atom. The van der Waals surface area contributed by atoms with Crippen LogP contribution in [0.5, 0.6) is 0 Å². The molecule has 0 aromatic heterocycles. The summed E-state index contributed by atoms with van der Waals surface area (Å²) in [5.74, 6) is -0.0714. The van der Waals surface area contributed by atoms with Gasteiger partial charge in [0.2, 0.25) is 0 Å². The van der Waals surface area contributed by atoms with E-state index in [9.17, 15) is 14.5 Å². The number of ether oxygens (including phenoxy) is 2. The Bertz CT molecular complexity index is 810. The van der Waals surface area contributed by atoms with Crippen LogP contribution in [-0.2, 0) is 29.4 Å². The lowest BCUT2D eigenvalue weighted by Gasteiger charge is -2.19. The van der Waals surface area contributed by atoms with Crippen LogP contribution in [0.15, 0.2) is 24.3 Å². The maximum atomic E-state index is 12.6. The lowest BCUT2D eigenvalue weighted by atomic mass is 9.89. The van der Waals surface area contributed by atoms with Gasteiger partial charge in [-0.25, -0.2) is 4.79 Å². The molecule has 4 atom stereocenters. The summed E-state index contributed by atoms with van der Waals surface area (Å²) < 4.78 is 28.0. The van der Waals surface area contributed by atoms with Crippen molar-refractivity contribution < 1.29 is 28.1 Å². The smallest absolute Gasteiger partial charge is 0.384 e. The van der Waals surface area contributed by atoms with Gasteiger partial charge in [-0.15, -0.1) is 0 Å². The van der Waals surface area contributed by atoms with E-state index in [4.69, 9.17) is 13.7 Å². The van der Waals surface area contributed by atoms with Gasteiger partial charge in [0.15, 0.2) is 0 Å². The number of unbranched alkanes of at least 4 members (excludes halogenated alkanes) is 11. The second kappa shape index (κ2) is 24.5. The lowest BCUT2D eigenvalue weighted by molar-refractivity contribution is -0.192. The van der Waals surface area contributed by atoms with Crippen molar-refractivity contribution in [1.29, 1.82) is 0 Å². The molecule has 0 amide bonds. The van der Waals surface area contributed by atoms with Crippen molar-refractivity contribution in [1.82, 2.24) is 0 Å². The maximum absolute atomic E-state index is 12.6. The Hall–Kier alpha value is -0.980. The van der Waals surface area contributed by atoms with Gasteiger partial charge in [0.25, 0.3) is 0 Å². The Kier molecular flexibility index (Phi) is 22.7. The number of carbonyl (C=O) groups is 1. The first kappa shape index (κ1) is 38.0. The number of aliphatic hydroxyl groups is 1. The summed E-state index contributed by atoms with van der Waals surface area (Å²) in [4.78, 5) is 12.6. The fourth-order valence-corrected chi connectivity index (χ4v) is 5.85. The van der Waals surface area contributed by atoms with Gasteiger partial charge in [-0.2, -0.15) is 0 Å². The summed E-state index contributed by atoms with van der Waals surface area (Å²) in [6.45, 7) is 8.98. The summed E-state index contributed by atoms with van der Waals surface area (Å²) in [7, 11) is -1.39. The minimum atomic E-state index is -2.47. The Balaban J connectivity index is 2.41. The molecule has 236 valence electrons. The molecule has 8 heteroatoms. The fourth-order valence-electron chi connectivity index (χ4n) is 4.82. The number of hydrogen-bond donors (Lipinski definition) is 1. The molecular weight excluding hydrogens is 555 g/mol. The third kappa shape index (κ3) is 17.7. The average molecular weight is 614 g/mol. The van der Waals surface area contributed by atoms with Crippen LogP contribution in [0.1, 0.15) is 141 Å². The van der Waals surface area contributed by atoms with Gasteiger partial charge in [-0.1, -0.05) is 127 Å². The van der Waals surface area contributed by atoms with Crippen molar-refractivity contribution in [3.8, 4) is 0 Å². The highest BCUT2D eigenvalue weighted by Crippen LogP contribution is 2.30. The van der Waals surface area contributed by atoms with E-state index in [0.717, 1.165) is 44.1 Å². The number of hydrogen-bond acceptors (Lipinski definition) is 7. The van der Waals surface area contributed by atoms with Crippen LogP contribution in [0.4, 0.5) is 0 Å². The van der Waals surface area contributed by atoms with E-state index < -0.39 is 20.0 Å². The molecule has 1 aromatic carbocycles. The molecule has 0 aliphatic heterocycles. The summed E-state index contributed by atoms with van der Waals surface area (Å²) in [5.41, 5.74) is 0.179. The van der Waals surface area contributed by atoms with Crippen LogP contribution >= 0.6 is 20.5 Å². The molecule has 0 bridgehead atoms. The van der Waals surface area contributed by atoms with Gasteiger partial charge in [-0.05, 0) is 49.7 Å². The van der Waals surface area contributed by atoms with Crippen molar-refractivity contribution >= 4 is 26.5 Å². The minimum absolute atomic E-state index is 0.0452. The molecule has 6 nitrogen and oxygen atoms in total. The molecule has 1 N–H and O–H groups in total. The molecule has 0 spiro atoms. The first-order valence-corrected chi connectivity index (χ1v) is 18.0. The molecule has 0 aliphatic rings. The van der Waals surface area contributed by atoms with Crippen LogP contribution in [0, 0.1) is 0 Å². The summed E-state index contributed by atoms with van der Waals surface area (Å²) in [5, 5.41) is 10.5. The normalized spacial score (nSPS) is 14.6. The maximum Gasteiger partial charge on any atom is 0.471 e. The van der Waals surface area contributed by atoms with Crippen LogP contribution in [0.2, 0.25) is 0 Å². The predicted molar refractivity (Wildman–Crippen MR) is 173 cm³/mol. The van der Waals surface area contributed by atoms with E-state index in [-0.39, 0.29) is 12.7 Å². The molecule has 0 radical (unpaired) electrons. The zero-order valence-electron chi connectivity index (χ0n) is 26.3. The standard InChI is InChI=1S/C33H57O6PS/c1-5-8-10-12-13-14-16-18-24-37-28(4)27-38-33(35,40-36)32(34)39-41-25-23-30(21-17-15-11-9-6-2)31-22-19-20-29(7-3)26-31/h19-20,22,26,28,30,35H,5-18,21,23-25,27H2,1-4H3/p+1. The van der Waals surface area contributed by atoms with Gasteiger partial charge in [0, 0.05) is 12.4 Å². The topological polar surface area (TPSA) is 82.1 Å². The summed E-state index contributed by atoms with van der Waals surface area (Å²) in [6.07, 6.45) is 18.6. The number of benzene rings is 1. The first-order chi connectivity index (χ1) is 19.9. The van der Waals surface area contributed by atoms with E-state index in [2.05, 4.69) is 45.0 Å². The molecule has 0 aliphatic carbocycles. The third-order valence-corrected chi connectivity index (χ3v) is 8.81. The van der Waals surface area contributed by atoms with Gasteiger partial charge in [0.1, 0.15) is 0 Å². The molecule has 0 saturated carbocycles. The minimum Gasteiger partial charge on any atom is -0.384 e. The van der Waals surface area contributed by atoms with Crippen molar-refractivity contribution in [3.05, 3.63) is 35.4 Å². The molecular formula is C33H58O6PS+. The van der Waals surface area contributed by atoms with Gasteiger partial charge >= 0.3 is 20.0 Å². The first-order valence-electron chi connectivity index (χ1n) is 16.2. The molecule has 0 heterocycles. The van der Waals surface area contributed by atoms with Crippen LogP contribution < -0.4 is 0 Å². The molecule has 1 rings (SSSR count). The zero-order chi connectivity index (χ0) is 30.2. The quantitative estimate of drug-likeness (QED) is 0.0458. The Labute approximate surface area is 256 Å². The lowest BCUT2D eigenvalue weighted by Crippen LogP contribution is -2.38. The van der Waals surface area contributed by atoms with Crippen molar-refractivity contribution in [2.45, 2.75) is 148 Å². The molecule has 1 aromatic rings. The van der Waals surface area contributed by atoms with Crippen molar-refractivity contribution in [3.63, 3.8) is 0 Å². The van der Waals surface area contributed by atoms with Gasteiger partial charge in [0.05, 0.1) is 24.8 Å². The Morgan fingerprint density at radius 1 is 0.927 bits per heavy atom. The van der Waals surface area contributed by atoms with Crippen molar-refractivity contribution in [2.24, 2.45) is 0 Å². The molecule has 4 unspecified atom stereocenters. The third-order valence-electron chi connectivity index (χ3n) is 7.51. The SMILES string of the molecule is CCCCCCCCCCOC(C)COC(O)([PH+]=O)C(=O)OSCCC(CCCCCCC)c1cccc(CC)c1. The van der Waals surface area contributed by atoms with Crippen LogP contribution in [0.25, 0.3) is 0 Å². The van der Waals surface area contributed by atoms with Crippen LogP contribution in [0.3, 0.4) is 0 Å². The zero-order valence-corrected chi connectivity index (χ0v) is 28.1. The molecule has 41 heavy (non-hydrogen) atoms. The van der Waals surface area contributed by atoms with Crippen LogP contribution in [-0.4, -0.2) is 41.7 Å². The molecule has 0 fully saturated rings. The second-order valence-corrected chi connectivity index (χ2v) is 12.9. The monoisotopic (exact) mass is 613 g/mol. The van der Waals surface area contributed by atoms with E-state index in [0.29, 0.717) is 18.3 Å². The average Bonchev–Trinajstić information content (AvgIpc) is 2.99. The number of rotatable bonds is 27.